The zero-order chi connectivity index (χ0) is 14.8. The molecule has 2 rings (SSSR count). The quantitative estimate of drug-likeness (QED) is 0.713. The van der Waals surface area contributed by atoms with E-state index in [1.807, 2.05) is 6.92 Å². The Morgan fingerprint density at radius 1 is 1.40 bits per heavy atom. The van der Waals surface area contributed by atoms with Crippen LogP contribution >= 0.6 is 0 Å². The van der Waals surface area contributed by atoms with Crippen LogP contribution in [0.1, 0.15) is 39.5 Å². The molecule has 2 N–H and O–H groups in total. The normalized spacial score (nSPS) is 30.5. The minimum absolute atomic E-state index is 0.00541. The van der Waals surface area contributed by atoms with Crippen LogP contribution in [0.2, 0.25) is 0 Å². The van der Waals surface area contributed by atoms with Gasteiger partial charge >= 0.3 is 0 Å². The predicted octanol–water partition coefficient (Wildman–Crippen LogP) is 0.0298. The highest BCUT2D eigenvalue weighted by Gasteiger charge is 2.47. The van der Waals surface area contributed by atoms with Gasteiger partial charge in [-0.15, -0.1) is 0 Å². The third-order valence-electron chi connectivity index (χ3n) is 4.33. The number of nitrogens with zero attached hydrogens (tertiary/aromatic N) is 1. The van der Waals surface area contributed by atoms with Crippen molar-refractivity contribution in [3.63, 3.8) is 0 Å². The van der Waals surface area contributed by atoms with Gasteiger partial charge in [0.1, 0.15) is 12.6 Å². The first-order valence-electron chi connectivity index (χ1n) is 7.39. The van der Waals surface area contributed by atoms with E-state index in [1.165, 1.54) is 4.90 Å². The van der Waals surface area contributed by atoms with Crippen molar-refractivity contribution in [1.82, 2.24) is 15.5 Å². The van der Waals surface area contributed by atoms with Crippen LogP contribution in [0.15, 0.2) is 0 Å². The fraction of sp³-hybridized carbons (Fsp3) is 0.786. The van der Waals surface area contributed by atoms with E-state index >= 15 is 0 Å². The maximum absolute atomic E-state index is 12.9. The molecule has 2 heterocycles. The topological polar surface area (TPSA) is 78.5 Å². The Hall–Kier alpha value is -1.43. The molecule has 2 unspecified atom stereocenters. The first-order chi connectivity index (χ1) is 9.54. The van der Waals surface area contributed by atoms with E-state index in [4.69, 9.17) is 0 Å². The van der Waals surface area contributed by atoms with Crippen molar-refractivity contribution in [2.45, 2.75) is 45.6 Å². The summed E-state index contributed by atoms with van der Waals surface area (Å²) in [6.07, 6.45) is 3.02. The van der Waals surface area contributed by atoms with E-state index in [9.17, 15) is 14.4 Å². The Kier molecular flexibility index (Phi) is 4.42. The molecule has 2 atom stereocenters. The molecular formula is C14H23N3O3. The third kappa shape index (κ3) is 2.57. The number of imide groups is 1. The number of amides is 3. The number of hydrogen-bond donors (Lipinski definition) is 2. The lowest BCUT2D eigenvalue weighted by atomic mass is 9.80. The summed E-state index contributed by atoms with van der Waals surface area (Å²) >= 11 is 0. The second kappa shape index (κ2) is 5.91. The molecule has 0 saturated carbocycles. The van der Waals surface area contributed by atoms with Gasteiger partial charge in [-0.05, 0) is 25.8 Å². The van der Waals surface area contributed by atoms with Gasteiger partial charge in [0, 0.05) is 6.54 Å². The van der Waals surface area contributed by atoms with Crippen molar-refractivity contribution in [2.75, 3.05) is 19.6 Å². The summed E-state index contributed by atoms with van der Waals surface area (Å²) in [5, 5.41) is 5.55. The summed E-state index contributed by atoms with van der Waals surface area (Å²) in [6, 6.07) is -0.519. The van der Waals surface area contributed by atoms with Gasteiger partial charge in [0.2, 0.25) is 17.7 Å². The fourth-order valence-corrected chi connectivity index (χ4v) is 3.32. The number of carbonyl (C=O) groups excluding carboxylic acids is 3. The van der Waals surface area contributed by atoms with E-state index in [1.54, 1.807) is 0 Å². The van der Waals surface area contributed by atoms with Crippen LogP contribution in [0, 0.1) is 5.41 Å². The second-order valence-electron chi connectivity index (χ2n) is 5.73. The Balaban J connectivity index is 2.24. The van der Waals surface area contributed by atoms with Crippen LogP contribution in [-0.4, -0.2) is 48.3 Å². The average Bonchev–Trinajstić information content (AvgIpc) is 2.87. The Morgan fingerprint density at radius 3 is 2.70 bits per heavy atom. The molecule has 0 aliphatic carbocycles. The fourth-order valence-electron chi connectivity index (χ4n) is 3.32. The highest BCUT2D eigenvalue weighted by Crippen LogP contribution is 2.34. The molecule has 2 saturated heterocycles. The van der Waals surface area contributed by atoms with E-state index in [-0.39, 0.29) is 24.3 Å². The van der Waals surface area contributed by atoms with Crippen LogP contribution in [-0.2, 0) is 14.4 Å². The largest absolute Gasteiger partial charge is 0.321 e. The molecular weight excluding hydrogens is 258 g/mol. The van der Waals surface area contributed by atoms with Crippen molar-refractivity contribution < 1.29 is 14.4 Å². The molecule has 0 radical (unpaired) electrons. The standard InChI is InChI=1S/C14H23N3O3/c1-3-5-14(6-7-15-9-14)13(20)17-8-11(18)16-12(19)10(17)4-2/h10,15H,3-9H2,1-2H3,(H,16,18,19). The smallest absolute Gasteiger partial charge is 0.249 e. The van der Waals surface area contributed by atoms with E-state index < -0.39 is 11.5 Å². The molecule has 0 bridgehead atoms. The van der Waals surface area contributed by atoms with Gasteiger partial charge in [-0.3, -0.25) is 19.7 Å². The van der Waals surface area contributed by atoms with E-state index in [0.717, 1.165) is 25.8 Å². The van der Waals surface area contributed by atoms with Crippen molar-refractivity contribution in [3.05, 3.63) is 0 Å². The molecule has 0 aromatic carbocycles. The molecule has 6 heteroatoms. The highest BCUT2D eigenvalue weighted by atomic mass is 16.2. The zero-order valence-corrected chi connectivity index (χ0v) is 12.2. The van der Waals surface area contributed by atoms with Crippen molar-refractivity contribution in [1.29, 1.82) is 0 Å². The van der Waals surface area contributed by atoms with Gasteiger partial charge < -0.3 is 10.2 Å². The maximum Gasteiger partial charge on any atom is 0.249 e. The summed E-state index contributed by atoms with van der Waals surface area (Å²) in [7, 11) is 0. The van der Waals surface area contributed by atoms with Gasteiger partial charge in [0.05, 0.1) is 5.41 Å². The first-order valence-corrected chi connectivity index (χ1v) is 7.39. The summed E-state index contributed by atoms with van der Waals surface area (Å²) in [6.45, 7) is 5.37. The van der Waals surface area contributed by atoms with Crippen LogP contribution < -0.4 is 10.6 Å². The van der Waals surface area contributed by atoms with Crippen LogP contribution in [0.3, 0.4) is 0 Å². The first kappa shape index (κ1) is 15.0. The van der Waals surface area contributed by atoms with Gasteiger partial charge in [-0.2, -0.15) is 0 Å². The lowest BCUT2D eigenvalue weighted by molar-refractivity contribution is -0.156. The summed E-state index contributed by atoms with van der Waals surface area (Å²) < 4.78 is 0. The number of nitrogens with one attached hydrogen (secondary N) is 2. The van der Waals surface area contributed by atoms with Crippen molar-refractivity contribution >= 4 is 17.7 Å². The number of rotatable bonds is 4. The molecule has 2 fully saturated rings. The molecule has 6 nitrogen and oxygen atoms in total. The second-order valence-corrected chi connectivity index (χ2v) is 5.73. The molecule has 0 aromatic rings. The summed E-state index contributed by atoms with van der Waals surface area (Å²) in [5.74, 6) is -0.778. The zero-order valence-electron chi connectivity index (χ0n) is 12.2. The minimum atomic E-state index is -0.519. The van der Waals surface area contributed by atoms with Crippen LogP contribution in [0.25, 0.3) is 0 Å². The molecule has 20 heavy (non-hydrogen) atoms. The number of hydrogen-bond acceptors (Lipinski definition) is 4. The number of piperazine rings is 1. The van der Waals surface area contributed by atoms with Gasteiger partial charge in [0.15, 0.2) is 0 Å². The Morgan fingerprint density at radius 2 is 2.15 bits per heavy atom. The molecule has 0 spiro atoms. The monoisotopic (exact) mass is 281 g/mol. The van der Waals surface area contributed by atoms with Crippen molar-refractivity contribution in [3.8, 4) is 0 Å². The molecule has 0 aromatic heterocycles. The molecule has 112 valence electrons. The van der Waals surface area contributed by atoms with Crippen molar-refractivity contribution in [2.24, 2.45) is 5.41 Å². The van der Waals surface area contributed by atoms with Gasteiger partial charge in [-0.25, -0.2) is 0 Å². The molecule has 2 aliphatic rings. The van der Waals surface area contributed by atoms with Gasteiger partial charge in [-0.1, -0.05) is 20.3 Å². The molecule has 2 aliphatic heterocycles. The van der Waals surface area contributed by atoms with Crippen LogP contribution in [0.4, 0.5) is 0 Å². The van der Waals surface area contributed by atoms with E-state index in [0.29, 0.717) is 13.0 Å². The predicted molar refractivity (Wildman–Crippen MR) is 73.8 cm³/mol. The van der Waals surface area contributed by atoms with Crippen LogP contribution in [0.5, 0.6) is 0 Å². The third-order valence-corrected chi connectivity index (χ3v) is 4.33. The number of carbonyl (C=O) groups is 3. The molecule has 3 amide bonds. The lowest BCUT2D eigenvalue weighted by Gasteiger charge is -2.39. The SMILES string of the molecule is CCCC1(C(=O)N2CC(=O)NC(=O)C2CC)CCNC1. The minimum Gasteiger partial charge on any atom is -0.321 e. The van der Waals surface area contributed by atoms with E-state index in [2.05, 4.69) is 17.6 Å². The summed E-state index contributed by atoms with van der Waals surface area (Å²) in [4.78, 5) is 37.9. The highest BCUT2D eigenvalue weighted by molar-refractivity contribution is 6.05. The maximum atomic E-state index is 12.9. The Bertz CT molecular complexity index is 416. The summed E-state index contributed by atoms with van der Waals surface area (Å²) in [5.41, 5.74) is -0.444. The Labute approximate surface area is 119 Å². The van der Waals surface area contributed by atoms with Gasteiger partial charge in [0.25, 0.3) is 0 Å². The average molecular weight is 281 g/mol. The lowest BCUT2D eigenvalue weighted by Crippen LogP contribution is -2.62.